The lowest BCUT2D eigenvalue weighted by atomic mass is 9.78. The van der Waals surface area contributed by atoms with Gasteiger partial charge in [0.2, 0.25) is 0 Å². The molecule has 6 heterocycles. The van der Waals surface area contributed by atoms with Crippen LogP contribution in [0.15, 0.2) is 156 Å². The second-order valence-corrected chi connectivity index (χ2v) is 13.9. The molecule has 246 valence electrons. The van der Waals surface area contributed by atoms with E-state index in [1.54, 1.807) is 0 Å². The molecular formula is C45H34N4O2. The van der Waals surface area contributed by atoms with E-state index in [4.69, 9.17) is 19.5 Å². The van der Waals surface area contributed by atoms with Crippen molar-refractivity contribution in [2.24, 2.45) is 4.99 Å². The highest BCUT2D eigenvalue weighted by atomic mass is 16.5. The molecule has 2 aliphatic carbocycles. The number of ether oxygens (including phenoxy) is 2. The number of rotatable bonds is 5. The van der Waals surface area contributed by atoms with Crippen LogP contribution in [0, 0.1) is 0 Å². The Morgan fingerprint density at radius 1 is 0.765 bits per heavy atom. The van der Waals surface area contributed by atoms with Gasteiger partial charge in [0.05, 0.1) is 0 Å². The van der Waals surface area contributed by atoms with Crippen LogP contribution in [-0.2, 0) is 0 Å². The monoisotopic (exact) mass is 662 g/mol. The average molecular weight is 663 g/mol. The molecule has 51 heavy (non-hydrogen) atoms. The summed E-state index contributed by atoms with van der Waals surface area (Å²) in [4.78, 5) is 18.3. The third-order valence-corrected chi connectivity index (χ3v) is 10.8. The van der Waals surface area contributed by atoms with E-state index in [1.165, 1.54) is 11.1 Å². The summed E-state index contributed by atoms with van der Waals surface area (Å²) >= 11 is 0. The van der Waals surface area contributed by atoms with Crippen molar-refractivity contribution in [2.75, 3.05) is 0 Å². The standard InChI is InChI=1S/C45H34N4O2/c1-45-15-5-4-7-39(45)42-44(51-45)37(14-21-49-42)35-26-33(25-34(27-35)36-13-20-48-41-38-6-2-3-8-40(38)50-43(36)41)32-23-30(28-9-16-46-17-10-28)22-31(24-32)29-11-18-47-19-12-29/h2-14,16-26,35,41,43H,15,27H2,1H3. The molecule has 0 saturated carbocycles. The van der Waals surface area contributed by atoms with E-state index in [9.17, 15) is 0 Å². The van der Waals surface area contributed by atoms with Crippen molar-refractivity contribution in [3.05, 3.63) is 174 Å². The summed E-state index contributed by atoms with van der Waals surface area (Å²) in [6.07, 6.45) is 26.1. The van der Waals surface area contributed by atoms with Crippen molar-refractivity contribution >= 4 is 17.4 Å². The Morgan fingerprint density at radius 2 is 1.51 bits per heavy atom. The Balaban J connectivity index is 1.14. The van der Waals surface area contributed by atoms with Gasteiger partial charge in [0.25, 0.3) is 0 Å². The summed E-state index contributed by atoms with van der Waals surface area (Å²) in [5, 5.41) is 0. The van der Waals surface area contributed by atoms with E-state index < -0.39 is 5.60 Å². The van der Waals surface area contributed by atoms with Gasteiger partial charge in [-0.25, -0.2) is 0 Å². The van der Waals surface area contributed by atoms with Crippen LogP contribution >= 0.6 is 0 Å². The van der Waals surface area contributed by atoms with E-state index in [2.05, 4.69) is 120 Å². The van der Waals surface area contributed by atoms with Crippen LogP contribution < -0.4 is 9.47 Å². The second-order valence-electron chi connectivity index (χ2n) is 13.9. The summed E-state index contributed by atoms with van der Waals surface area (Å²) in [5.74, 6) is 1.83. The zero-order valence-electron chi connectivity index (χ0n) is 28.1. The van der Waals surface area contributed by atoms with Crippen molar-refractivity contribution in [1.82, 2.24) is 15.0 Å². The highest BCUT2D eigenvalue weighted by Gasteiger charge is 2.44. The average Bonchev–Trinajstić information content (AvgIpc) is 3.73. The van der Waals surface area contributed by atoms with Gasteiger partial charge in [0.1, 0.15) is 23.1 Å². The molecule has 0 amide bonds. The number of aliphatic imine (C=N–C) groups is 1. The van der Waals surface area contributed by atoms with Gasteiger partial charge in [-0.1, -0.05) is 48.6 Å². The lowest BCUT2D eigenvalue weighted by Crippen LogP contribution is -2.29. The van der Waals surface area contributed by atoms with Gasteiger partial charge >= 0.3 is 0 Å². The number of allylic oxidation sites excluding steroid dienone is 6. The van der Waals surface area contributed by atoms with Crippen LogP contribution in [0.1, 0.15) is 54.1 Å². The van der Waals surface area contributed by atoms with Gasteiger partial charge < -0.3 is 9.47 Å². The maximum absolute atomic E-state index is 6.87. The number of benzene rings is 2. The number of dihydropyridines is 1. The number of nitrogens with zero attached hydrogens (tertiary/aromatic N) is 4. The minimum Gasteiger partial charge on any atom is -0.483 e. The minimum absolute atomic E-state index is 0.0324. The first kappa shape index (κ1) is 29.7. The van der Waals surface area contributed by atoms with E-state index in [1.807, 2.05) is 43.3 Å². The predicted molar refractivity (Wildman–Crippen MR) is 201 cm³/mol. The van der Waals surface area contributed by atoms with Gasteiger partial charge in [-0.2, -0.15) is 0 Å². The predicted octanol–water partition coefficient (Wildman–Crippen LogP) is 9.71. The molecule has 0 saturated heterocycles. The lowest BCUT2D eigenvalue weighted by Gasteiger charge is -2.30. The van der Waals surface area contributed by atoms with Crippen LogP contribution in [-0.4, -0.2) is 32.9 Å². The van der Waals surface area contributed by atoms with Crippen LogP contribution in [0.3, 0.4) is 0 Å². The summed E-state index contributed by atoms with van der Waals surface area (Å²) in [5.41, 5.74) is 13.1. The number of hydrogen-bond acceptors (Lipinski definition) is 6. The molecule has 0 N–H and O–H groups in total. The van der Waals surface area contributed by atoms with Crippen LogP contribution in [0.4, 0.5) is 0 Å². The minimum atomic E-state index is -0.419. The van der Waals surface area contributed by atoms with Crippen molar-refractivity contribution < 1.29 is 9.47 Å². The highest BCUT2D eigenvalue weighted by Crippen LogP contribution is 2.53. The first-order valence-electron chi connectivity index (χ1n) is 17.5. The highest BCUT2D eigenvalue weighted by molar-refractivity contribution is 5.87. The molecule has 6 heteroatoms. The molecule has 0 radical (unpaired) electrons. The van der Waals surface area contributed by atoms with Gasteiger partial charge in [-0.05, 0) is 119 Å². The molecule has 4 unspecified atom stereocenters. The maximum Gasteiger partial charge on any atom is 0.151 e. The first-order chi connectivity index (χ1) is 25.1. The Morgan fingerprint density at radius 3 is 2.29 bits per heavy atom. The molecule has 4 atom stereocenters. The van der Waals surface area contributed by atoms with Crippen LogP contribution in [0.2, 0.25) is 0 Å². The van der Waals surface area contributed by atoms with Gasteiger partial charge in [0, 0.05) is 66.2 Å². The van der Waals surface area contributed by atoms with E-state index in [0.29, 0.717) is 0 Å². The molecule has 3 aliphatic heterocycles. The van der Waals surface area contributed by atoms with E-state index in [0.717, 1.165) is 80.1 Å². The summed E-state index contributed by atoms with van der Waals surface area (Å²) in [7, 11) is 0. The first-order valence-corrected chi connectivity index (χ1v) is 17.5. The maximum atomic E-state index is 6.87. The number of fused-ring (bicyclic) bond motifs is 6. The Labute approximate surface area is 297 Å². The van der Waals surface area contributed by atoms with Crippen molar-refractivity contribution in [1.29, 1.82) is 0 Å². The zero-order chi connectivity index (χ0) is 33.9. The fraction of sp³-hybridized carbons (Fsp3) is 0.156. The topological polar surface area (TPSA) is 69.5 Å². The molecule has 3 aromatic heterocycles. The van der Waals surface area contributed by atoms with Gasteiger partial charge in [0.15, 0.2) is 11.9 Å². The molecule has 10 rings (SSSR count). The van der Waals surface area contributed by atoms with Crippen LogP contribution in [0.5, 0.6) is 11.5 Å². The number of para-hydroxylation sites is 1. The van der Waals surface area contributed by atoms with Gasteiger partial charge in [-0.3, -0.25) is 19.9 Å². The normalized spacial score (nSPS) is 23.7. The number of aromatic nitrogens is 3. The van der Waals surface area contributed by atoms with Gasteiger partial charge in [-0.15, -0.1) is 0 Å². The van der Waals surface area contributed by atoms with Crippen molar-refractivity contribution in [3.63, 3.8) is 0 Å². The Hall–Kier alpha value is -6.14. The second kappa shape index (κ2) is 11.7. The van der Waals surface area contributed by atoms with Crippen LogP contribution in [0.25, 0.3) is 33.4 Å². The molecule has 2 aromatic carbocycles. The summed E-state index contributed by atoms with van der Waals surface area (Å²) in [6, 6.07) is 25.5. The van der Waals surface area contributed by atoms with E-state index in [-0.39, 0.29) is 18.1 Å². The third kappa shape index (κ3) is 5.01. The Bertz CT molecular complexity index is 2350. The molecule has 0 fully saturated rings. The molecule has 5 aromatic rings. The fourth-order valence-electron chi connectivity index (χ4n) is 8.24. The van der Waals surface area contributed by atoms with E-state index >= 15 is 0 Å². The summed E-state index contributed by atoms with van der Waals surface area (Å²) < 4.78 is 13.5. The fourth-order valence-corrected chi connectivity index (χ4v) is 8.24. The number of pyridine rings is 3. The molecular weight excluding hydrogens is 629 g/mol. The molecule has 6 nitrogen and oxygen atoms in total. The molecule has 0 spiro atoms. The van der Waals surface area contributed by atoms with Crippen molar-refractivity contribution in [3.8, 4) is 33.8 Å². The quantitative estimate of drug-likeness (QED) is 0.187. The van der Waals surface area contributed by atoms with Crippen molar-refractivity contribution in [2.45, 2.75) is 43.4 Å². The molecule has 5 aliphatic rings. The number of hydrogen-bond donors (Lipinski definition) is 0. The lowest BCUT2D eigenvalue weighted by molar-refractivity contribution is 0.168. The smallest absolute Gasteiger partial charge is 0.151 e. The Kier molecular flexibility index (Phi) is 6.85. The SMILES string of the molecule is CC12CC=CC=C1c1nccc(C3C=C(c4cc(-c5ccncc5)cc(-c5ccncc5)c4)C=C(C4=CC=NC5c6ccccc6OC45)C3)c1O2. The largest absolute Gasteiger partial charge is 0.483 e. The summed E-state index contributed by atoms with van der Waals surface area (Å²) in [6.45, 7) is 2.17. The third-order valence-electron chi connectivity index (χ3n) is 10.8. The zero-order valence-corrected chi connectivity index (χ0v) is 28.1. The molecule has 0 bridgehead atoms.